The van der Waals surface area contributed by atoms with Crippen molar-refractivity contribution in [3.63, 3.8) is 0 Å². The number of hydroxylamine groups is 2. The zero-order valence-electron chi connectivity index (χ0n) is 26.9. The fourth-order valence-electron chi connectivity index (χ4n) is 5.69. The van der Waals surface area contributed by atoms with Gasteiger partial charge in [0.25, 0.3) is 5.91 Å². The molecule has 0 saturated carbocycles. The largest absolute Gasteiger partial charge is 0.481 e. The molecular weight excluding hydrogens is 620 g/mol. The van der Waals surface area contributed by atoms with Crippen LogP contribution in [0.1, 0.15) is 48.1 Å². The van der Waals surface area contributed by atoms with Crippen molar-refractivity contribution in [2.24, 2.45) is 10.8 Å². The van der Waals surface area contributed by atoms with Crippen LogP contribution in [0.3, 0.4) is 0 Å². The Labute approximate surface area is 276 Å². The normalized spacial score (nSPS) is 17.1. The fraction of sp³-hybridized carbons (Fsp3) is 0.294. The Morgan fingerprint density at radius 3 is 2.12 bits per heavy atom. The lowest BCUT2D eigenvalue weighted by Crippen LogP contribution is -2.56. The maximum absolute atomic E-state index is 14.2. The second kappa shape index (κ2) is 14.3. The third kappa shape index (κ3) is 7.13. The lowest BCUT2D eigenvalue weighted by Gasteiger charge is -2.32. The van der Waals surface area contributed by atoms with Gasteiger partial charge in [0, 0.05) is 12.2 Å². The molecule has 0 aromatic heterocycles. The number of para-hydroxylation sites is 1. The van der Waals surface area contributed by atoms with Crippen LogP contribution in [0.2, 0.25) is 0 Å². The standard InChI is InChI=1S/C34H36N6O8/c1-20-14-21(2)16-24(15-20)19-38-33(47)40(32(46)34(38,4)25-12-10-23(11-13-25)18-37-36)48-31(45)29(22(3)41)39(26-8-6-5-7-9-26)30(44)27(35)17-28(42)43/h5-16,27,29,36H,17-19,35H2,1-4H3,(H,42,43)/t27-,29-,34+/m0/s1. The number of amides is 4. The molecule has 1 aliphatic rings. The number of carboxylic acid groups (broad SMARTS) is 1. The highest BCUT2D eigenvalue weighted by atomic mass is 16.7. The summed E-state index contributed by atoms with van der Waals surface area (Å²) in [6, 6.07) is 15.0. The number of nitrogens with one attached hydrogen (secondary N) is 1. The van der Waals surface area contributed by atoms with Gasteiger partial charge in [-0.05, 0) is 56.5 Å². The molecule has 0 bridgehead atoms. The van der Waals surface area contributed by atoms with E-state index in [1.807, 2.05) is 32.0 Å². The number of imide groups is 1. The van der Waals surface area contributed by atoms with E-state index in [2.05, 4.69) is 5.11 Å². The molecule has 250 valence electrons. The first-order chi connectivity index (χ1) is 22.7. The highest BCUT2D eigenvalue weighted by Crippen LogP contribution is 2.39. The van der Waals surface area contributed by atoms with Crippen molar-refractivity contribution in [2.75, 3.05) is 4.90 Å². The lowest BCUT2D eigenvalue weighted by atomic mass is 9.89. The topological polar surface area (TPSA) is 204 Å². The van der Waals surface area contributed by atoms with Crippen LogP contribution in [0.25, 0.3) is 0 Å². The van der Waals surface area contributed by atoms with Crippen LogP contribution in [-0.2, 0) is 47.4 Å². The van der Waals surface area contributed by atoms with Crippen molar-refractivity contribution in [1.29, 1.82) is 5.53 Å². The van der Waals surface area contributed by atoms with E-state index >= 15 is 0 Å². The van der Waals surface area contributed by atoms with E-state index < -0.39 is 59.6 Å². The summed E-state index contributed by atoms with van der Waals surface area (Å²) in [5.74, 6) is -5.73. The number of ketones is 1. The number of benzene rings is 3. The van der Waals surface area contributed by atoms with Gasteiger partial charge in [-0.1, -0.05) is 76.9 Å². The molecule has 48 heavy (non-hydrogen) atoms. The van der Waals surface area contributed by atoms with Crippen molar-refractivity contribution in [1.82, 2.24) is 9.96 Å². The highest BCUT2D eigenvalue weighted by Gasteiger charge is 2.58. The summed E-state index contributed by atoms with van der Waals surface area (Å²) in [7, 11) is 0. The first kappa shape index (κ1) is 35.1. The summed E-state index contributed by atoms with van der Waals surface area (Å²) in [6.07, 6.45) is -0.800. The van der Waals surface area contributed by atoms with E-state index in [4.69, 9.17) is 16.1 Å². The molecule has 0 aliphatic carbocycles. The molecule has 1 heterocycles. The maximum atomic E-state index is 14.2. The van der Waals surface area contributed by atoms with Crippen molar-refractivity contribution < 1.29 is 38.7 Å². The molecule has 1 aliphatic heterocycles. The van der Waals surface area contributed by atoms with Gasteiger partial charge in [0.05, 0.1) is 19.0 Å². The number of Topliss-reactive ketones (excluding diaryl/α,β-unsaturated/α-hetero) is 1. The van der Waals surface area contributed by atoms with E-state index in [0.717, 1.165) is 18.1 Å². The second-order valence-corrected chi connectivity index (χ2v) is 11.7. The minimum Gasteiger partial charge on any atom is -0.481 e. The number of carbonyl (C=O) groups is 6. The molecule has 4 amide bonds. The number of aliphatic carboxylic acids is 1. The first-order valence-electron chi connectivity index (χ1n) is 14.9. The van der Waals surface area contributed by atoms with Gasteiger partial charge in [0.1, 0.15) is 5.54 Å². The quantitative estimate of drug-likeness (QED) is 0.139. The summed E-state index contributed by atoms with van der Waals surface area (Å²) < 4.78 is 0. The van der Waals surface area contributed by atoms with Gasteiger partial charge in [-0.25, -0.2) is 15.1 Å². The van der Waals surface area contributed by atoms with Crippen LogP contribution in [0.15, 0.2) is 77.9 Å². The minimum absolute atomic E-state index is 0.0281. The predicted octanol–water partition coefficient (Wildman–Crippen LogP) is 3.77. The Bertz CT molecular complexity index is 1740. The number of anilines is 1. The Morgan fingerprint density at radius 1 is 0.979 bits per heavy atom. The molecule has 3 aromatic rings. The van der Waals surface area contributed by atoms with E-state index in [0.29, 0.717) is 21.6 Å². The third-order valence-electron chi connectivity index (χ3n) is 7.98. The number of hydrogen-bond acceptors (Lipinski definition) is 10. The van der Waals surface area contributed by atoms with Gasteiger partial charge < -0.3 is 15.7 Å². The highest BCUT2D eigenvalue weighted by molar-refractivity contribution is 6.15. The summed E-state index contributed by atoms with van der Waals surface area (Å²) in [4.78, 5) is 87.3. The molecular formula is C34H36N6O8. The van der Waals surface area contributed by atoms with Crippen molar-refractivity contribution in [3.8, 4) is 0 Å². The zero-order chi connectivity index (χ0) is 35.3. The van der Waals surface area contributed by atoms with E-state index in [1.54, 1.807) is 30.3 Å². The Morgan fingerprint density at radius 2 is 1.58 bits per heavy atom. The average Bonchev–Trinajstić information content (AvgIpc) is 3.20. The Hall–Kier alpha value is -5.76. The predicted molar refractivity (Wildman–Crippen MR) is 171 cm³/mol. The number of carbonyl (C=O) groups excluding carboxylic acids is 5. The zero-order valence-corrected chi connectivity index (χ0v) is 26.9. The Balaban J connectivity index is 1.76. The third-order valence-corrected chi connectivity index (χ3v) is 7.98. The molecule has 3 aromatic carbocycles. The van der Waals surface area contributed by atoms with Gasteiger partial charge in [-0.15, -0.1) is 0 Å². The molecule has 14 nitrogen and oxygen atoms in total. The lowest BCUT2D eigenvalue weighted by molar-refractivity contribution is -0.186. The number of hydrogen-bond donors (Lipinski definition) is 3. The summed E-state index contributed by atoms with van der Waals surface area (Å²) in [5, 5.41) is 12.9. The summed E-state index contributed by atoms with van der Waals surface area (Å²) in [5.41, 5.74) is 15.0. The number of aryl methyl sites for hydroxylation is 2. The number of carboxylic acids is 1. The van der Waals surface area contributed by atoms with Gasteiger partial charge in [-0.3, -0.25) is 29.0 Å². The number of nitrogens with two attached hydrogens (primary N) is 1. The van der Waals surface area contributed by atoms with E-state index in [9.17, 15) is 33.9 Å². The van der Waals surface area contributed by atoms with Crippen LogP contribution in [0.5, 0.6) is 0 Å². The molecule has 3 atom stereocenters. The SMILES string of the molecule is CC(=O)[C@@H](C(=O)ON1C(=O)N(Cc2cc(C)cc(C)c2)[C@](C)(c2ccc(CN=N)cc2)C1=O)N(C(=O)[C@@H](N)CC(=O)O)c1ccccc1. The number of urea groups is 1. The molecule has 1 saturated heterocycles. The van der Waals surface area contributed by atoms with E-state index in [-0.39, 0.29) is 23.8 Å². The molecule has 4 N–H and O–H groups in total. The molecule has 4 rings (SSSR count). The molecule has 0 unspecified atom stereocenters. The summed E-state index contributed by atoms with van der Waals surface area (Å²) in [6.45, 7) is 6.34. The van der Waals surface area contributed by atoms with Crippen LogP contribution in [0, 0.1) is 19.4 Å². The maximum Gasteiger partial charge on any atom is 0.363 e. The van der Waals surface area contributed by atoms with Gasteiger partial charge in [0.15, 0.2) is 11.8 Å². The number of nitrogens with zero attached hydrogens (tertiary/aromatic N) is 4. The van der Waals surface area contributed by atoms with Gasteiger partial charge in [-0.2, -0.15) is 5.11 Å². The molecule has 0 spiro atoms. The average molecular weight is 657 g/mol. The molecule has 1 fully saturated rings. The van der Waals surface area contributed by atoms with Gasteiger partial charge >= 0.3 is 18.0 Å². The van der Waals surface area contributed by atoms with Crippen LogP contribution >= 0.6 is 0 Å². The van der Waals surface area contributed by atoms with Crippen molar-refractivity contribution in [3.05, 3.63) is 101 Å². The summed E-state index contributed by atoms with van der Waals surface area (Å²) >= 11 is 0. The Kier molecular flexibility index (Phi) is 10.5. The number of rotatable bonds is 13. The van der Waals surface area contributed by atoms with Crippen molar-refractivity contribution >= 4 is 41.3 Å². The second-order valence-electron chi connectivity index (χ2n) is 11.7. The van der Waals surface area contributed by atoms with Gasteiger partial charge in [0.2, 0.25) is 5.91 Å². The smallest absolute Gasteiger partial charge is 0.363 e. The fourth-order valence-corrected chi connectivity index (χ4v) is 5.69. The van der Waals surface area contributed by atoms with Crippen LogP contribution in [0.4, 0.5) is 10.5 Å². The first-order valence-corrected chi connectivity index (χ1v) is 14.9. The van der Waals surface area contributed by atoms with E-state index in [1.165, 1.54) is 36.1 Å². The minimum atomic E-state index is -2.03. The molecule has 0 radical (unpaired) electrons. The van der Waals surface area contributed by atoms with Crippen molar-refractivity contribution in [2.45, 2.75) is 64.8 Å². The van der Waals surface area contributed by atoms with Crippen LogP contribution in [-0.4, -0.2) is 62.7 Å². The monoisotopic (exact) mass is 656 g/mol. The van der Waals surface area contributed by atoms with Crippen LogP contribution < -0.4 is 10.6 Å². The molecule has 14 heteroatoms.